The number of alkyl carbamates (subject to hydrolysis) is 1. The molecule has 0 saturated carbocycles. The Kier molecular flexibility index (Phi) is 7.98. The molecule has 0 aliphatic heterocycles. The summed E-state index contributed by atoms with van der Waals surface area (Å²) in [6, 6.07) is 5.36. The fourth-order valence-electron chi connectivity index (χ4n) is 3.49. The van der Waals surface area contributed by atoms with Crippen LogP contribution in [0.2, 0.25) is 0 Å². The maximum absolute atomic E-state index is 13.8. The second kappa shape index (κ2) is 9.97. The molecule has 1 amide bonds. The molecule has 1 heterocycles. The summed E-state index contributed by atoms with van der Waals surface area (Å²) in [4.78, 5) is 20.5. The van der Waals surface area contributed by atoms with Gasteiger partial charge in [0.1, 0.15) is 23.8 Å². The van der Waals surface area contributed by atoms with Gasteiger partial charge in [0.2, 0.25) is 0 Å². The predicted octanol–water partition coefficient (Wildman–Crippen LogP) is 6.18. The van der Waals surface area contributed by atoms with E-state index in [1.165, 1.54) is 18.3 Å². The van der Waals surface area contributed by atoms with Crippen LogP contribution in [-0.4, -0.2) is 33.8 Å². The van der Waals surface area contributed by atoms with E-state index in [1.807, 2.05) is 13.8 Å². The molecule has 0 fully saturated rings. The fourth-order valence-corrected chi connectivity index (χ4v) is 3.49. The SMILES string of the molecule is Cc1nccc(-c2ccc(OC[C@](C)(CC(C)C)NC(=O)OC(C)(C)C)c(C(F)(F)F)c2)n1. The lowest BCUT2D eigenvalue weighted by Gasteiger charge is -2.33. The number of nitrogens with one attached hydrogen (secondary N) is 1. The van der Waals surface area contributed by atoms with Gasteiger partial charge in [0.25, 0.3) is 0 Å². The molecule has 33 heavy (non-hydrogen) atoms. The third kappa shape index (κ3) is 8.22. The highest BCUT2D eigenvalue weighted by atomic mass is 19.4. The van der Waals surface area contributed by atoms with Crippen molar-refractivity contribution in [3.05, 3.63) is 41.9 Å². The van der Waals surface area contributed by atoms with Gasteiger partial charge < -0.3 is 14.8 Å². The molecule has 6 nitrogen and oxygen atoms in total. The average molecular weight is 468 g/mol. The molecule has 0 unspecified atom stereocenters. The zero-order chi connectivity index (χ0) is 25.0. The fraction of sp³-hybridized carbons (Fsp3) is 0.542. The van der Waals surface area contributed by atoms with Gasteiger partial charge in [-0.25, -0.2) is 14.8 Å². The van der Waals surface area contributed by atoms with E-state index in [-0.39, 0.29) is 18.3 Å². The topological polar surface area (TPSA) is 73.3 Å². The predicted molar refractivity (Wildman–Crippen MR) is 120 cm³/mol. The van der Waals surface area contributed by atoms with Gasteiger partial charge >= 0.3 is 12.3 Å². The second-order valence-corrected chi connectivity index (χ2v) is 9.77. The Bertz CT molecular complexity index is 971. The molecule has 2 rings (SSSR count). The van der Waals surface area contributed by atoms with Crippen LogP contribution in [0, 0.1) is 12.8 Å². The summed E-state index contributed by atoms with van der Waals surface area (Å²) in [5.41, 5.74) is -1.88. The smallest absolute Gasteiger partial charge is 0.419 e. The van der Waals surface area contributed by atoms with E-state index in [0.29, 0.717) is 23.5 Å². The normalized spacial score (nSPS) is 14.0. The molecular formula is C24H32F3N3O3. The molecule has 0 saturated heterocycles. The zero-order valence-electron chi connectivity index (χ0n) is 20.1. The van der Waals surface area contributed by atoms with Crippen LogP contribution in [0.3, 0.4) is 0 Å². The van der Waals surface area contributed by atoms with Crippen molar-refractivity contribution in [3.8, 4) is 17.0 Å². The standard InChI is InChI=1S/C24H32F3N3O3/c1-15(2)13-23(7,30-21(31)33-22(4,5)6)14-32-20-9-8-17(12-18(20)24(25,26)27)19-10-11-28-16(3)29-19/h8-12,15H,13-14H2,1-7H3,(H,30,31)/t23-/m0/s1. The van der Waals surface area contributed by atoms with E-state index in [2.05, 4.69) is 15.3 Å². The van der Waals surface area contributed by atoms with Gasteiger partial charge in [-0.1, -0.05) is 13.8 Å². The highest BCUT2D eigenvalue weighted by Gasteiger charge is 2.36. The number of hydrogen-bond acceptors (Lipinski definition) is 5. The summed E-state index contributed by atoms with van der Waals surface area (Å²) in [7, 11) is 0. The minimum absolute atomic E-state index is 0.152. The Hall–Kier alpha value is -2.84. The lowest BCUT2D eigenvalue weighted by atomic mass is 9.91. The van der Waals surface area contributed by atoms with E-state index >= 15 is 0 Å². The number of carbonyl (C=O) groups is 1. The first-order valence-electron chi connectivity index (χ1n) is 10.7. The molecule has 1 aromatic carbocycles. The van der Waals surface area contributed by atoms with Gasteiger partial charge in [0.05, 0.1) is 16.8 Å². The van der Waals surface area contributed by atoms with Crippen LogP contribution in [0.4, 0.5) is 18.0 Å². The van der Waals surface area contributed by atoms with Crippen molar-refractivity contribution in [2.45, 2.75) is 72.2 Å². The van der Waals surface area contributed by atoms with Crippen molar-refractivity contribution in [2.75, 3.05) is 6.61 Å². The summed E-state index contributed by atoms with van der Waals surface area (Å²) in [6.07, 6.45) is -3.32. The largest absolute Gasteiger partial charge is 0.491 e. The number of benzene rings is 1. The minimum atomic E-state index is -4.64. The van der Waals surface area contributed by atoms with Gasteiger partial charge in [-0.15, -0.1) is 0 Å². The number of amides is 1. The Morgan fingerprint density at radius 1 is 1.12 bits per heavy atom. The van der Waals surface area contributed by atoms with E-state index in [4.69, 9.17) is 9.47 Å². The highest BCUT2D eigenvalue weighted by molar-refractivity contribution is 5.68. The second-order valence-electron chi connectivity index (χ2n) is 9.77. The Balaban J connectivity index is 2.31. The first-order chi connectivity index (χ1) is 15.1. The summed E-state index contributed by atoms with van der Waals surface area (Å²) < 4.78 is 52.5. The van der Waals surface area contributed by atoms with Crippen LogP contribution < -0.4 is 10.1 Å². The zero-order valence-corrected chi connectivity index (χ0v) is 20.1. The lowest BCUT2D eigenvalue weighted by Crippen LogP contribution is -2.52. The van der Waals surface area contributed by atoms with Crippen molar-refractivity contribution < 1.29 is 27.4 Å². The molecule has 0 aliphatic carbocycles. The summed E-state index contributed by atoms with van der Waals surface area (Å²) in [6.45, 7) is 12.3. The van der Waals surface area contributed by atoms with Gasteiger partial charge in [-0.05, 0) is 71.2 Å². The van der Waals surface area contributed by atoms with Crippen LogP contribution >= 0.6 is 0 Å². The van der Waals surface area contributed by atoms with E-state index in [9.17, 15) is 18.0 Å². The van der Waals surface area contributed by atoms with Crippen molar-refractivity contribution in [2.24, 2.45) is 5.92 Å². The van der Waals surface area contributed by atoms with E-state index in [0.717, 1.165) is 6.07 Å². The molecule has 0 spiro atoms. The van der Waals surface area contributed by atoms with Crippen LogP contribution in [-0.2, 0) is 10.9 Å². The quantitative estimate of drug-likeness (QED) is 0.526. The maximum Gasteiger partial charge on any atom is 0.419 e. The first kappa shape index (κ1) is 26.4. The average Bonchev–Trinajstić information content (AvgIpc) is 2.63. The monoisotopic (exact) mass is 467 g/mol. The van der Waals surface area contributed by atoms with Crippen LogP contribution in [0.15, 0.2) is 30.5 Å². The van der Waals surface area contributed by atoms with Crippen molar-refractivity contribution >= 4 is 6.09 Å². The van der Waals surface area contributed by atoms with Crippen molar-refractivity contribution in [1.82, 2.24) is 15.3 Å². The number of aromatic nitrogens is 2. The molecular weight excluding hydrogens is 435 g/mol. The molecule has 0 radical (unpaired) electrons. The summed E-state index contributed by atoms with van der Waals surface area (Å²) >= 11 is 0. The molecule has 1 N–H and O–H groups in total. The molecule has 1 aromatic heterocycles. The molecule has 0 bridgehead atoms. The number of halogens is 3. The number of hydrogen-bond donors (Lipinski definition) is 1. The van der Waals surface area contributed by atoms with Gasteiger partial charge in [0.15, 0.2) is 0 Å². The number of carbonyl (C=O) groups excluding carboxylic acids is 1. The van der Waals surface area contributed by atoms with Gasteiger partial charge in [-0.2, -0.15) is 13.2 Å². The van der Waals surface area contributed by atoms with Gasteiger partial charge in [0, 0.05) is 11.8 Å². The van der Waals surface area contributed by atoms with Crippen LogP contribution in [0.25, 0.3) is 11.3 Å². The van der Waals surface area contributed by atoms with Crippen molar-refractivity contribution in [1.29, 1.82) is 0 Å². The van der Waals surface area contributed by atoms with Crippen LogP contribution in [0.5, 0.6) is 5.75 Å². The molecule has 2 aromatic rings. The van der Waals surface area contributed by atoms with Gasteiger partial charge in [-0.3, -0.25) is 0 Å². The van der Waals surface area contributed by atoms with E-state index < -0.39 is 29.0 Å². The highest BCUT2D eigenvalue weighted by Crippen LogP contribution is 2.39. The first-order valence-corrected chi connectivity index (χ1v) is 10.7. The number of aryl methyl sites for hydroxylation is 1. The molecule has 0 aliphatic rings. The number of nitrogens with zero attached hydrogens (tertiary/aromatic N) is 2. The summed E-state index contributed by atoms with van der Waals surface area (Å²) in [5.74, 6) is 0.288. The maximum atomic E-state index is 13.8. The summed E-state index contributed by atoms with van der Waals surface area (Å²) in [5, 5.41) is 2.77. The minimum Gasteiger partial charge on any atom is -0.491 e. The van der Waals surface area contributed by atoms with Crippen LogP contribution in [0.1, 0.15) is 59.4 Å². The third-order valence-electron chi connectivity index (χ3n) is 4.56. The van der Waals surface area contributed by atoms with Crippen molar-refractivity contribution in [3.63, 3.8) is 0 Å². The number of rotatable bonds is 7. The molecule has 182 valence electrons. The third-order valence-corrected chi connectivity index (χ3v) is 4.56. The number of ether oxygens (including phenoxy) is 2. The Morgan fingerprint density at radius 3 is 2.33 bits per heavy atom. The molecule has 9 heteroatoms. The Morgan fingerprint density at radius 2 is 1.79 bits per heavy atom. The lowest BCUT2D eigenvalue weighted by molar-refractivity contribution is -0.139. The van der Waals surface area contributed by atoms with E-state index in [1.54, 1.807) is 40.7 Å². The Labute approximate surface area is 192 Å². The number of alkyl halides is 3. The molecule has 1 atom stereocenters.